The van der Waals surface area contributed by atoms with Gasteiger partial charge < -0.3 is 5.32 Å². The van der Waals surface area contributed by atoms with Crippen molar-refractivity contribution in [1.29, 1.82) is 0 Å². The molecule has 3 heterocycles. The molecule has 3 nitrogen and oxygen atoms in total. The zero-order chi connectivity index (χ0) is 16.5. The van der Waals surface area contributed by atoms with Crippen LogP contribution in [0.15, 0.2) is 35.7 Å². The van der Waals surface area contributed by atoms with E-state index in [-0.39, 0.29) is 5.69 Å². The lowest BCUT2D eigenvalue weighted by atomic mass is 10.1. The van der Waals surface area contributed by atoms with E-state index in [1.807, 2.05) is 11.4 Å². The average molecular weight is 345 g/mol. The van der Waals surface area contributed by atoms with Crippen molar-refractivity contribution in [3.63, 3.8) is 0 Å². The maximum atomic E-state index is 14.3. The predicted octanol–water partition coefficient (Wildman–Crippen LogP) is 4.55. The van der Waals surface area contributed by atoms with Gasteiger partial charge in [-0.1, -0.05) is 6.07 Å². The Kier molecular flexibility index (Phi) is 4.06. The molecule has 1 aliphatic rings. The molecule has 0 aliphatic carbocycles. The Bertz CT molecular complexity index is 856. The van der Waals surface area contributed by atoms with Crippen LogP contribution < -0.4 is 5.32 Å². The van der Waals surface area contributed by atoms with Gasteiger partial charge in [-0.15, -0.1) is 11.3 Å². The van der Waals surface area contributed by atoms with Crippen molar-refractivity contribution in [3.05, 3.63) is 63.5 Å². The van der Waals surface area contributed by atoms with E-state index in [1.165, 1.54) is 17.0 Å². The molecule has 1 aromatic carbocycles. The summed E-state index contributed by atoms with van der Waals surface area (Å²) in [5.74, 6) is -0.347. The van der Waals surface area contributed by atoms with Crippen molar-refractivity contribution in [2.24, 2.45) is 0 Å². The molecule has 0 radical (unpaired) electrons. The molecule has 0 spiro atoms. The molecule has 2 aromatic heterocycles. The number of halogens is 2. The van der Waals surface area contributed by atoms with Gasteiger partial charge in [0.2, 0.25) is 0 Å². The first-order chi connectivity index (χ1) is 11.7. The standard InChI is InChI=1S/C18H17F2N3S/c19-12-6-7-17(15(20)10-12)23-18-14(5-1-2-8-21-18)16(22-23)11-13-4-3-9-24-13/h3-4,6-7,9-10,21H,1-2,5,8,11H2. The number of rotatable bonds is 3. The largest absolute Gasteiger partial charge is 0.370 e. The van der Waals surface area contributed by atoms with Crippen molar-refractivity contribution in [2.45, 2.75) is 25.7 Å². The molecule has 24 heavy (non-hydrogen) atoms. The number of nitrogens with one attached hydrogen (secondary N) is 1. The van der Waals surface area contributed by atoms with Gasteiger partial charge in [0.1, 0.15) is 17.3 Å². The number of benzene rings is 1. The Morgan fingerprint density at radius 3 is 2.92 bits per heavy atom. The maximum absolute atomic E-state index is 14.3. The van der Waals surface area contributed by atoms with E-state index in [0.29, 0.717) is 0 Å². The van der Waals surface area contributed by atoms with Gasteiger partial charge in [0, 0.05) is 29.5 Å². The number of fused-ring (bicyclic) bond motifs is 1. The highest BCUT2D eigenvalue weighted by atomic mass is 32.1. The second kappa shape index (κ2) is 6.36. The summed E-state index contributed by atoms with van der Waals surface area (Å²) in [7, 11) is 0. The van der Waals surface area contributed by atoms with Crippen molar-refractivity contribution in [1.82, 2.24) is 9.78 Å². The number of nitrogens with zero attached hydrogens (tertiary/aromatic N) is 2. The van der Waals surface area contributed by atoms with Crippen molar-refractivity contribution in [3.8, 4) is 5.69 Å². The van der Waals surface area contributed by atoms with Gasteiger partial charge >= 0.3 is 0 Å². The van der Waals surface area contributed by atoms with Crippen molar-refractivity contribution in [2.75, 3.05) is 11.9 Å². The fourth-order valence-corrected chi connectivity index (χ4v) is 3.83. The molecule has 0 bridgehead atoms. The summed E-state index contributed by atoms with van der Waals surface area (Å²) in [4.78, 5) is 1.23. The smallest absolute Gasteiger partial charge is 0.151 e. The molecule has 0 unspecified atom stereocenters. The third-order valence-electron chi connectivity index (χ3n) is 4.27. The molecule has 0 fully saturated rings. The summed E-state index contributed by atoms with van der Waals surface area (Å²) >= 11 is 1.69. The van der Waals surface area contributed by atoms with E-state index in [1.54, 1.807) is 16.0 Å². The lowest BCUT2D eigenvalue weighted by Gasteiger charge is -2.10. The summed E-state index contributed by atoms with van der Waals surface area (Å²) in [5, 5.41) is 10.1. The van der Waals surface area contributed by atoms with Gasteiger partial charge in [-0.2, -0.15) is 5.10 Å². The van der Waals surface area contributed by atoms with Crippen molar-refractivity contribution < 1.29 is 8.78 Å². The molecule has 3 aromatic rings. The van der Waals surface area contributed by atoms with E-state index in [4.69, 9.17) is 0 Å². The number of hydrogen-bond acceptors (Lipinski definition) is 3. The Morgan fingerprint density at radius 2 is 2.12 bits per heavy atom. The summed E-state index contributed by atoms with van der Waals surface area (Å²) < 4.78 is 29.1. The Morgan fingerprint density at radius 1 is 1.21 bits per heavy atom. The second-order valence-electron chi connectivity index (χ2n) is 5.92. The lowest BCUT2D eigenvalue weighted by molar-refractivity contribution is 0.573. The first-order valence-electron chi connectivity index (χ1n) is 8.05. The van der Waals surface area contributed by atoms with Crippen LogP contribution in [0.2, 0.25) is 0 Å². The molecule has 1 N–H and O–H groups in total. The SMILES string of the molecule is Fc1ccc(-n2nc(Cc3cccs3)c3c2NCCCC3)c(F)c1. The molecule has 124 valence electrons. The zero-order valence-corrected chi connectivity index (χ0v) is 13.9. The number of hydrogen-bond donors (Lipinski definition) is 1. The molecule has 0 amide bonds. The van der Waals surface area contributed by atoms with E-state index in [2.05, 4.69) is 16.5 Å². The summed E-state index contributed by atoms with van der Waals surface area (Å²) in [5.41, 5.74) is 2.38. The summed E-state index contributed by atoms with van der Waals surface area (Å²) in [6, 6.07) is 7.72. The molecule has 6 heteroatoms. The van der Waals surface area contributed by atoms with E-state index >= 15 is 0 Å². The van der Waals surface area contributed by atoms with E-state index < -0.39 is 11.6 Å². The summed E-state index contributed by atoms with van der Waals surface area (Å²) in [6.45, 7) is 0.833. The lowest BCUT2D eigenvalue weighted by Crippen LogP contribution is -2.08. The Balaban J connectivity index is 1.83. The first kappa shape index (κ1) is 15.3. The predicted molar refractivity (Wildman–Crippen MR) is 92.0 cm³/mol. The van der Waals surface area contributed by atoms with Crippen LogP contribution in [0.1, 0.15) is 29.0 Å². The Hall–Kier alpha value is -2.21. The molecule has 0 saturated carbocycles. The fraction of sp³-hybridized carbons (Fsp3) is 0.278. The monoisotopic (exact) mass is 345 g/mol. The number of thiophene rings is 1. The molecule has 0 atom stereocenters. The van der Waals surface area contributed by atoms with Crippen LogP contribution in [-0.4, -0.2) is 16.3 Å². The highest BCUT2D eigenvalue weighted by Gasteiger charge is 2.22. The number of aromatic nitrogens is 2. The Labute approximate surface area is 142 Å². The topological polar surface area (TPSA) is 29.9 Å². The summed E-state index contributed by atoms with van der Waals surface area (Å²) in [6.07, 6.45) is 3.80. The second-order valence-corrected chi connectivity index (χ2v) is 6.95. The normalized spacial score (nSPS) is 14.1. The van der Waals surface area contributed by atoms with Crippen LogP contribution in [-0.2, 0) is 12.8 Å². The van der Waals surface area contributed by atoms with Crippen LogP contribution >= 0.6 is 11.3 Å². The van der Waals surface area contributed by atoms with Crippen LogP contribution in [0.3, 0.4) is 0 Å². The van der Waals surface area contributed by atoms with E-state index in [0.717, 1.165) is 55.4 Å². The van der Waals surface area contributed by atoms with Gasteiger partial charge in [0.15, 0.2) is 5.82 Å². The third kappa shape index (κ3) is 2.82. The fourth-order valence-electron chi connectivity index (χ4n) is 3.12. The van der Waals surface area contributed by atoms with Gasteiger partial charge in [-0.05, 0) is 42.8 Å². The molecule has 4 rings (SSSR count). The van der Waals surface area contributed by atoms with Crippen LogP contribution in [0, 0.1) is 11.6 Å². The first-order valence-corrected chi connectivity index (χ1v) is 8.93. The molecular formula is C18H17F2N3S. The highest BCUT2D eigenvalue weighted by Crippen LogP contribution is 2.31. The minimum absolute atomic E-state index is 0.277. The van der Waals surface area contributed by atoms with Crippen LogP contribution in [0.4, 0.5) is 14.6 Å². The third-order valence-corrected chi connectivity index (χ3v) is 5.15. The molecular weight excluding hydrogens is 328 g/mol. The number of anilines is 1. The van der Waals surface area contributed by atoms with Crippen LogP contribution in [0.25, 0.3) is 5.69 Å². The zero-order valence-electron chi connectivity index (χ0n) is 13.1. The average Bonchev–Trinajstić information content (AvgIpc) is 3.10. The maximum Gasteiger partial charge on any atom is 0.151 e. The van der Waals surface area contributed by atoms with Crippen molar-refractivity contribution >= 4 is 17.2 Å². The molecule has 1 aliphatic heterocycles. The van der Waals surface area contributed by atoms with Gasteiger partial charge in [0.05, 0.1) is 5.69 Å². The van der Waals surface area contributed by atoms with Gasteiger partial charge in [0.25, 0.3) is 0 Å². The minimum Gasteiger partial charge on any atom is -0.370 e. The minimum atomic E-state index is -0.603. The quantitative estimate of drug-likeness (QED) is 0.755. The highest BCUT2D eigenvalue weighted by molar-refractivity contribution is 7.09. The van der Waals surface area contributed by atoms with Gasteiger partial charge in [-0.25, -0.2) is 13.5 Å². The van der Waals surface area contributed by atoms with Crippen LogP contribution in [0.5, 0.6) is 0 Å². The van der Waals surface area contributed by atoms with Gasteiger partial charge in [-0.3, -0.25) is 0 Å². The molecule has 0 saturated heterocycles. The van der Waals surface area contributed by atoms with E-state index in [9.17, 15) is 8.78 Å².